The number of esters is 1. The Morgan fingerprint density at radius 2 is 1.81 bits per heavy atom. The number of aliphatic carboxylic acids is 1. The first kappa shape index (κ1) is 29.5. The molecule has 1 unspecified atom stereocenters. The number of rotatable bonds is 11. The Hall–Kier alpha value is -4.95. The maximum Gasteiger partial charge on any atom is 0.352 e. The van der Waals surface area contributed by atoms with Gasteiger partial charge < -0.3 is 25.7 Å². The zero-order valence-corrected chi connectivity index (χ0v) is 24.0. The number of β-lactam (4-membered cyclic amide) rings is 1. The summed E-state index contributed by atoms with van der Waals surface area (Å²) in [5, 5.41) is 17.1. The van der Waals surface area contributed by atoms with Crippen molar-refractivity contribution in [1.29, 1.82) is 0 Å². The highest BCUT2D eigenvalue weighted by atomic mass is 32.2. The van der Waals surface area contributed by atoms with Gasteiger partial charge in [0.2, 0.25) is 6.61 Å². The van der Waals surface area contributed by atoms with Crippen LogP contribution in [0.25, 0.3) is 0 Å². The van der Waals surface area contributed by atoms with Crippen LogP contribution in [0.2, 0.25) is 0 Å². The van der Waals surface area contributed by atoms with Crippen molar-refractivity contribution in [2.24, 2.45) is 5.16 Å². The number of carbonyl (C=O) groups excluding carboxylic acids is 3. The molecule has 4 N–H and O–H groups in total. The number of benzene rings is 2. The van der Waals surface area contributed by atoms with E-state index in [0.717, 1.165) is 27.4 Å². The van der Waals surface area contributed by atoms with E-state index in [2.05, 4.69) is 22.0 Å². The molecule has 2 aliphatic rings. The van der Waals surface area contributed by atoms with E-state index in [1.54, 1.807) is 0 Å². The normalized spacial score (nSPS) is 18.0. The van der Waals surface area contributed by atoms with E-state index in [-0.39, 0.29) is 22.2 Å². The summed E-state index contributed by atoms with van der Waals surface area (Å²) >= 11 is 2.34. The van der Waals surface area contributed by atoms with Crippen LogP contribution in [0.4, 0.5) is 5.13 Å². The fraction of sp³-hybridized carbons (Fsp3) is 0.172. The average molecular weight is 620 g/mol. The van der Waals surface area contributed by atoms with Crippen molar-refractivity contribution in [3.63, 3.8) is 0 Å². The fourth-order valence-corrected chi connectivity index (χ4v) is 6.40. The number of thiazole rings is 1. The summed E-state index contributed by atoms with van der Waals surface area (Å²) in [6, 6.07) is 17.3. The number of ether oxygens (including phenoxy) is 1. The van der Waals surface area contributed by atoms with E-state index in [0.29, 0.717) is 11.3 Å². The van der Waals surface area contributed by atoms with Gasteiger partial charge in [0.05, 0.1) is 0 Å². The highest BCUT2D eigenvalue weighted by Crippen LogP contribution is 2.40. The Balaban J connectivity index is 1.29. The van der Waals surface area contributed by atoms with Crippen molar-refractivity contribution in [1.82, 2.24) is 15.2 Å². The van der Waals surface area contributed by atoms with E-state index < -0.39 is 47.9 Å². The molecule has 0 spiro atoms. The minimum atomic E-state index is -1.26. The predicted octanol–water partition coefficient (Wildman–Crippen LogP) is 2.70. The van der Waals surface area contributed by atoms with Crippen LogP contribution >= 0.6 is 23.1 Å². The van der Waals surface area contributed by atoms with E-state index in [1.807, 2.05) is 60.7 Å². The maximum absolute atomic E-state index is 13.3. The highest BCUT2D eigenvalue weighted by Gasteiger charge is 2.54. The second kappa shape index (κ2) is 12.9. The van der Waals surface area contributed by atoms with Gasteiger partial charge in [0.25, 0.3) is 11.8 Å². The number of nitrogens with two attached hydrogens (primary N) is 1. The van der Waals surface area contributed by atoms with E-state index in [9.17, 15) is 24.3 Å². The molecule has 2 aromatic carbocycles. The molecule has 0 aliphatic carbocycles. The number of hydrogen-bond donors (Lipinski definition) is 3. The molecular formula is C29H25N5O7S2. The number of nitrogens with one attached hydrogen (secondary N) is 1. The van der Waals surface area contributed by atoms with Crippen molar-refractivity contribution < 1.29 is 33.9 Å². The number of aromatic nitrogens is 1. The number of anilines is 1. The summed E-state index contributed by atoms with van der Waals surface area (Å²) in [6.45, 7) is 2.99. The van der Waals surface area contributed by atoms with Crippen LogP contribution < -0.4 is 11.1 Å². The lowest BCUT2D eigenvalue weighted by Crippen LogP contribution is -2.71. The minimum Gasteiger partial charge on any atom is -0.477 e. The molecule has 5 rings (SSSR count). The van der Waals surface area contributed by atoms with E-state index in [4.69, 9.17) is 15.3 Å². The van der Waals surface area contributed by atoms with Crippen LogP contribution in [-0.2, 0) is 28.8 Å². The third-order valence-corrected chi connectivity index (χ3v) is 8.48. The molecule has 12 nitrogen and oxygen atoms in total. The molecule has 1 aromatic heterocycles. The van der Waals surface area contributed by atoms with Crippen molar-refractivity contribution in [3.05, 3.63) is 107 Å². The van der Waals surface area contributed by atoms with Gasteiger partial charge in [-0.1, -0.05) is 78.5 Å². The summed E-state index contributed by atoms with van der Waals surface area (Å²) in [7, 11) is 0. The Bertz CT molecular complexity index is 1580. The number of nitrogens with zero attached hydrogens (tertiary/aromatic N) is 3. The third-order valence-electron chi connectivity index (χ3n) is 6.51. The van der Waals surface area contributed by atoms with E-state index >= 15 is 0 Å². The summed E-state index contributed by atoms with van der Waals surface area (Å²) in [5.74, 6) is -3.13. The van der Waals surface area contributed by atoms with Crippen LogP contribution in [0.1, 0.15) is 22.9 Å². The predicted molar refractivity (Wildman–Crippen MR) is 160 cm³/mol. The molecule has 0 saturated carbocycles. The Kier molecular flexibility index (Phi) is 8.87. The molecule has 3 heterocycles. The van der Waals surface area contributed by atoms with Crippen LogP contribution in [0.15, 0.2) is 95.1 Å². The molecule has 0 bridgehead atoms. The number of carboxylic acid groups (broad SMARTS) is 1. The second-order valence-electron chi connectivity index (χ2n) is 9.22. The number of fused-ring (bicyclic) bond motifs is 1. The Morgan fingerprint density at radius 1 is 1.16 bits per heavy atom. The van der Waals surface area contributed by atoms with E-state index in [1.165, 1.54) is 23.2 Å². The summed E-state index contributed by atoms with van der Waals surface area (Å²) in [4.78, 5) is 61.2. The topological polar surface area (TPSA) is 174 Å². The fourth-order valence-electron chi connectivity index (χ4n) is 4.51. The molecule has 220 valence electrons. The number of nitrogen functional groups attached to an aromatic ring is 1. The third kappa shape index (κ3) is 6.29. The molecule has 2 amide bonds. The van der Waals surface area contributed by atoms with Crippen molar-refractivity contribution in [3.8, 4) is 0 Å². The van der Waals surface area contributed by atoms with Crippen molar-refractivity contribution in [2.75, 3.05) is 18.1 Å². The van der Waals surface area contributed by atoms with Gasteiger partial charge in [-0.15, -0.1) is 23.1 Å². The molecule has 1 saturated heterocycles. The lowest BCUT2D eigenvalue weighted by atomic mass is 10.0. The lowest BCUT2D eigenvalue weighted by molar-refractivity contribution is -0.153. The number of carbonyl (C=O) groups is 4. The molecule has 43 heavy (non-hydrogen) atoms. The number of allylic oxidation sites excluding steroid dienone is 1. The molecule has 2 atom stereocenters. The van der Waals surface area contributed by atoms with Gasteiger partial charge in [-0.3, -0.25) is 14.5 Å². The largest absolute Gasteiger partial charge is 0.477 e. The second-order valence-corrected chi connectivity index (χ2v) is 11.2. The molecule has 14 heteroatoms. The van der Waals surface area contributed by atoms with Crippen LogP contribution in [-0.4, -0.2) is 68.2 Å². The SMILES string of the molecule is C=CC1=C(C(=O)O)N2C(=O)C(NC(=O)C(=NOCC(=O)OC(c3ccccc3)c3ccccc3)c3csc(N)n3)[C@@H]2SC1. The molecular weight excluding hydrogens is 594 g/mol. The van der Waals surface area contributed by atoms with Gasteiger partial charge in [0, 0.05) is 11.1 Å². The van der Waals surface area contributed by atoms with Gasteiger partial charge in [0.1, 0.15) is 22.8 Å². The average Bonchev–Trinajstić information content (AvgIpc) is 3.46. The maximum atomic E-state index is 13.3. The molecule has 0 radical (unpaired) electrons. The Morgan fingerprint density at radius 3 is 2.37 bits per heavy atom. The molecule has 3 aromatic rings. The standard InChI is InChI=1S/C29H25N5O7S2/c1-2-16-14-42-27-22(26(37)34(27)23(16)28(38)39)32-25(36)21(19-15-43-29(30)31-19)33-40-13-20(35)41-24(17-9-5-3-6-10-17)18-11-7-4-8-12-18/h2-12,15,22,24,27H,1,13-14H2,(H2,30,31)(H,32,36)(H,38,39)/t22?,27-/m0/s1. The van der Waals surface area contributed by atoms with Crippen LogP contribution in [0.5, 0.6) is 0 Å². The highest BCUT2D eigenvalue weighted by molar-refractivity contribution is 8.00. The van der Waals surface area contributed by atoms with Crippen LogP contribution in [0, 0.1) is 0 Å². The smallest absolute Gasteiger partial charge is 0.352 e. The monoisotopic (exact) mass is 619 g/mol. The number of amides is 2. The first-order chi connectivity index (χ1) is 20.8. The summed E-state index contributed by atoms with van der Waals surface area (Å²) in [5.41, 5.74) is 7.25. The summed E-state index contributed by atoms with van der Waals surface area (Å²) in [6.07, 6.45) is 0.698. The lowest BCUT2D eigenvalue weighted by Gasteiger charge is -2.49. The number of thioether (sulfide) groups is 1. The first-order valence-corrected chi connectivity index (χ1v) is 14.8. The zero-order chi connectivity index (χ0) is 30.5. The first-order valence-electron chi connectivity index (χ1n) is 12.8. The molecule has 2 aliphatic heterocycles. The number of hydrogen-bond acceptors (Lipinski definition) is 11. The minimum absolute atomic E-state index is 0.0693. The van der Waals surface area contributed by atoms with Gasteiger partial charge in [-0.2, -0.15) is 0 Å². The van der Waals surface area contributed by atoms with Crippen molar-refractivity contribution >= 4 is 57.7 Å². The van der Waals surface area contributed by atoms with Gasteiger partial charge in [-0.25, -0.2) is 14.6 Å². The van der Waals surface area contributed by atoms with Gasteiger partial charge in [0.15, 0.2) is 16.9 Å². The van der Waals surface area contributed by atoms with Crippen LogP contribution in [0.3, 0.4) is 0 Å². The number of carboxylic acids is 1. The zero-order valence-electron chi connectivity index (χ0n) is 22.4. The quantitative estimate of drug-likeness (QED) is 0.125. The Labute approximate surface area is 253 Å². The van der Waals surface area contributed by atoms with Gasteiger partial charge >= 0.3 is 11.9 Å². The number of oxime groups is 1. The molecule has 1 fully saturated rings. The summed E-state index contributed by atoms with van der Waals surface area (Å²) < 4.78 is 5.71. The van der Waals surface area contributed by atoms with Gasteiger partial charge in [-0.05, 0) is 16.7 Å². The van der Waals surface area contributed by atoms with Crippen molar-refractivity contribution in [2.45, 2.75) is 17.5 Å².